The summed E-state index contributed by atoms with van der Waals surface area (Å²) in [6.07, 6.45) is 22.9. The lowest BCUT2D eigenvalue weighted by Gasteiger charge is -2.38. The maximum Gasteiger partial charge on any atom is 0.108 e. The van der Waals surface area contributed by atoms with Crippen LogP contribution >= 0.6 is 0 Å². The Bertz CT molecular complexity index is 5550. The fourth-order valence-corrected chi connectivity index (χ4v) is 21.7. The Morgan fingerprint density at radius 3 is 0.766 bits per heavy atom. The van der Waals surface area contributed by atoms with Gasteiger partial charge in [-0.1, -0.05) is 157 Å². The van der Waals surface area contributed by atoms with Gasteiger partial charge in [-0.2, -0.15) is 0 Å². The fraction of sp³-hybridized carbons (Fsp3) is 0.385. The van der Waals surface area contributed by atoms with Gasteiger partial charge < -0.3 is 49.0 Å². The standard InChI is InChI=1S/C27H33N3.C23H25N3.C21H27N3.C20H25N3.C18H23N3/c1-17(2)22-11-10-12-23(18(3)4)27(22)30-21(7)29(24-13-8-9-14-25(24)30)26-19(5)15-16-28-20(26)6;1-15-9-8-10-16(2)22(15)25-19(5)26(21-12-7-6-11-20(21)25)23-17(3)13-14-24-18(23)4;1-15-13-14-22-16(2)21(15)24-17(3)23(18-9-5-4-6-10-18)19-11-7-8-12-20(19)24;1-14-12-13-21-15(2)20(14)23-16(3)22(17-8-4-5-9-17)18-10-6-7-11-19(18)23;1-12(2)20-15(5)21(17-9-7-6-8-16(17)20)18-13(3)10-11-19-14(18)4/h8-18,21H,1-7H3;6-14,19H,1-5H3;7-8,11-14,17-18H,4-6,9-10H2,1-3H3;6-7,10-13,16-17H,4-5,8-9H2,1-3H3;6-12,15H,1-5H3/t21-;19-;17-;16-;15-/m01111/s1. The van der Waals surface area contributed by atoms with Gasteiger partial charge in [0.15, 0.2) is 0 Å². The molecule has 0 spiro atoms. The summed E-state index contributed by atoms with van der Waals surface area (Å²) in [4.78, 5) is 47.9. The van der Waals surface area contributed by atoms with Gasteiger partial charge in [0, 0.05) is 54.8 Å². The first-order valence-electron chi connectivity index (χ1n) is 45.9. The second kappa shape index (κ2) is 37.0. The third-order valence-electron chi connectivity index (χ3n) is 27.1. The molecule has 5 aromatic heterocycles. The van der Waals surface area contributed by atoms with Crippen molar-refractivity contribution in [2.45, 2.75) is 278 Å². The first-order valence-corrected chi connectivity index (χ1v) is 45.9. The second-order valence-corrected chi connectivity index (χ2v) is 36.4. The number of anilines is 17. The molecule has 0 bridgehead atoms. The van der Waals surface area contributed by atoms with Crippen LogP contribution in [0.2, 0.25) is 0 Å². The van der Waals surface area contributed by atoms with E-state index in [1.54, 1.807) is 0 Å². The Balaban J connectivity index is 0.000000121. The molecule has 12 aromatic rings. The van der Waals surface area contributed by atoms with Crippen molar-refractivity contribution in [3.63, 3.8) is 0 Å². The average Bonchev–Trinajstić information content (AvgIpc) is 1.60. The van der Waals surface area contributed by atoms with Crippen LogP contribution in [0.15, 0.2) is 219 Å². The van der Waals surface area contributed by atoms with Crippen LogP contribution < -0.4 is 49.0 Å². The van der Waals surface area contributed by atoms with Gasteiger partial charge in [0.2, 0.25) is 0 Å². The number of aromatic nitrogens is 5. The Morgan fingerprint density at radius 2 is 0.468 bits per heavy atom. The zero-order valence-electron chi connectivity index (χ0n) is 78.1. The van der Waals surface area contributed by atoms with E-state index in [1.807, 2.05) is 31.0 Å². The number of rotatable bonds is 12. The van der Waals surface area contributed by atoms with E-state index in [-0.39, 0.29) is 12.3 Å². The molecule has 0 amide bonds. The van der Waals surface area contributed by atoms with Crippen LogP contribution in [0.5, 0.6) is 0 Å². The van der Waals surface area contributed by atoms with Gasteiger partial charge in [-0.15, -0.1) is 0 Å². The molecule has 2 fully saturated rings. The van der Waals surface area contributed by atoms with Crippen molar-refractivity contribution in [3.05, 3.63) is 298 Å². The number of nitrogens with zero attached hydrogens (tertiary/aromatic N) is 15. The summed E-state index contributed by atoms with van der Waals surface area (Å²) in [6, 6.07) is 69.5. The van der Waals surface area contributed by atoms with Crippen molar-refractivity contribution >= 4 is 96.7 Å². The number of pyridine rings is 5. The molecule has 0 saturated heterocycles. The summed E-state index contributed by atoms with van der Waals surface area (Å²) >= 11 is 0. The highest BCUT2D eigenvalue weighted by Crippen LogP contribution is 2.56. The van der Waals surface area contributed by atoms with Crippen LogP contribution in [0.25, 0.3) is 0 Å². The van der Waals surface area contributed by atoms with E-state index in [4.69, 9.17) is 0 Å². The zero-order valence-corrected chi connectivity index (χ0v) is 78.1. The SMILES string of the molecule is Cc1cccc(C)c1N1c2ccccc2N(c2c(C)ccnc2C)[C@@H]1C.Cc1ccnc(C)c1N1c2ccccc2N(C(C)C)[C@H]1C.Cc1ccnc(C)c1N1c2ccccc2N(C2CCCC2)[C@H]1C.Cc1ccnc(C)c1N1c2ccccc2N(C2CCCCC2)[C@H]1C.Cc1ccnc(C)c1N1c2ccccc2N(c2c(C(C)C)cccc2C(C)C)[C@H]1C. The molecule has 7 aliphatic rings. The fourth-order valence-electron chi connectivity index (χ4n) is 21.7. The molecule has 5 aliphatic heterocycles. The summed E-state index contributed by atoms with van der Waals surface area (Å²) < 4.78 is 0. The highest BCUT2D eigenvalue weighted by molar-refractivity contribution is 5.94. The highest BCUT2D eigenvalue weighted by atomic mass is 15.5. The quantitative estimate of drug-likeness (QED) is 0.116. The molecule has 10 heterocycles. The van der Waals surface area contributed by atoms with Gasteiger partial charge in [-0.05, 0) is 310 Å². The molecule has 2 aliphatic carbocycles. The number of aryl methyl sites for hydroxylation is 12. The van der Waals surface area contributed by atoms with Gasteiger partial charge in [-0.25, -0.2) is 0 Å². The third kappa shape index (κ3) is 16.3. The van der Waals surface area contributed by atoms with Crippen molar-refractivity contribution in [3.8, 4) is 0 Å². The van der Waals surface area contributed by atoms with Crippen LogP contribution in [-0.4, -0.2) is 73.9 Å². The normalized spacial score (nSPS) is 18.2. The second-order valence-electron chi connectivity index (χ2n) is 36.4. The molecule has 5 atom stereocenters. The predicted octanol–water partition coefficient (Wildman–Crippen LogP) is 28.2. The van der Waals surface area contributed by atoms with Crippen molar-refractivity contribution in [2.75, 3.05) is 49.0 Å². The van der Waals surface area contributed by atoms with Crippen LogP contribution in [0.1, 0.15) is 224 Å². The van der Waals surface area contributed by atoms with Crippen molar-refractivity contribution in [1.29, 1.82) is 0 Å². The molecule has 2 saturated carbocycles. The van der Waals surface area contributed by atoms with Gasteiger partial charge in [0.1, 0.15) is 30.8 Å². The number of para-hydroxylation sites is 12. The molecule has 0 unspecified atom stereocenters. The zero-order chi connectivity index (χ0) is 87.8. The van der Waals surface area contributed by atoms with E-state index in [0.29, 0.717) is 48.5 Å². The summed E-state index contributed by atoms with van der Waals surface area (Å²) in [6.45, 7) is 51.1. The van der Waals surface area contributed by atoms with Crippen molar-refractivity contribution < 1.29 is 0 Å². The molecular formula is C109H133N15. The summed E-state index contributed by atoms with van der Waals surface area (Å²) in [7, 11) is 0. The number of hydrogen-bond donors (Lipinski definition) is 0. The molecule has 15 heteroatoms. The molecule has 19 rings (SSSR count). The smallest absolute Gasteiger partial charge is 0.108 e. The number of benzene rings is 7. The maximum absolute atomic E-state index is 4.62. The first-order chi connectivity index (χ1) is 59.7. The van der Waals surface area contributed by atoms with Crippen LogP contribution in [0.3, 0.4) is 0 Å². The van der Waals surface area contributed by atoms with Crippen molar-refractivity contribution in [1.82, 2.24) is 24.9 Å². The van der Waals surface area contributed by atoms with E-state index < -0.39 is 0 Å². The van der Waals surface area contributed by atoms with E-state index in [0.717, 1.165) is 28.5 Å². The number of hydrogen-bond acceptors (Lipinski definition) is 15. The molecule has 15 nitrogen and oxygen atoms in total. The highest BCUT2D eigenvalue weighted by Gasteiger charge is 2.44. The molecule has 0 N–H and O–H groups in total. The minimum absolute atomic E-state index is 0.154. The van der Waals surface area contributed by atoms with Crippen molar-refractivity contribution in [2.24, 2.45) is 0 Å². The lowest BCUT2D eigenvalue weighted by atomic mass is 9.91. The summed E-state index contributed by atoms with van der Waals surface area (Å²) in [5.41, 5.74) is 39.1. The van der Waals surface area contributed by atoms with Crippen LogP contribution in [0, 0.1) is 83.1 Å². The number of fused-ring (bicyclic) bond motifs is 5. The molecule has 124 heavy (non-hydrogen) atoms. The Morgan fingerprint density at radius 1 is 0.234 bits per heavy atom. The lowest BCUT2D eigenvalue weighted by molar-refractivity contribution is 0.400. The molecular weight excluding hydrogens is 1520 g/mol. The van der Waals surface area contributed by atoms with Crippen LogP contribution in [-0.2, 0) is 0 Å². The Kier molecular flexibility index (Phi) is 26.0. The van der Waals surface area contributed by atoms with Gasteiger partial charge in [-0.3, -0.25) is 24.9 Å². The molecule has 0 radical (unpaired) electrons. The molecule has 644 valence electrons. The van der Waals surface area contributed by atoms with E-state index in [1.165, 1.54) is 205 Å². The minimum Gasteiger partial charge on any atom is -0.347 e. The topological polar surface area (TPSA) is 96.8 Å². The lowest BCUT2D eigenvalue weighted by Crippen LogP contribution is -2.46. The predicted molar refractivity (Wildman–Crippen MR) is 525 cm³/mol. The average molecular weight is 1650 g/mol. The first kappa shape index (κ1) is 87.2. The Labute approximate surface area is 741 Å². The van der Waals surface area contributed by atoms with Gasteiger partial charge in [0.05, 0.1) is 119 Å². The summed E-state index contributed by atoms with van der Waals surface area (Å²) in [5, 5.41) is 0. The monoisotopic (exact) mass is 1650 g/mol. The minimum atomic E-state index is 0.154. The van der Waals surface area contributed by atoms with Crippen LogP contribution in [0.4, 0.5) is 96.7 Å². The largest absolute Gasteiger partial charge is 0.347 e. The van der Waals surface area contributed by atoms with Gasteiger partial charge in [0.25, 0.3) is 0 Å². The molecule has 7 aromatic carbocycles. The van der Waals surface area contributed by atoms with E-state index in [9.17, 15) is 0 Å². The van der Waals surface area contributed by atoms with Gasteiger partial charge >= 0.3 is 0 Å². The third-order valence-corrected chi connectivity index (χ3v) is 27.1. The van der Waals surface area contributed by atoms with E-state index >= 15 is 0 Å². The van der Waals surface area contributed by atoms with E-state index in [2.05, 4.69) is 421 Å². The Hall–Kier alpha value is -11.7. The summed E-state index contributed by atoms with van der Waals surface area (Å²) in [5.74, 6) is 0.906. The maximum atomic E-state index is 4.62.